The topological polar surface area (TPSA) is 167 Å². The number of fused-ring (bicyclic) bond motifs is 1. The van der Waals surface area contributed by atoms with Crippen molar-refractivity contribution >= 4 is 22.8 Å². The minimum atomic E-state index is -2.99. The van der Waals surface area contributed by atoms with E-state index < -0.39 is 24.0 Å². The maximum atomic E-state index is 14.3. The molecule has 0 radical (unpaired) electrons. The van der Waals surface area contributed by atoms with E-state index in [0.717, 1.165) is 0 Å². The van der Waals surface area contributed by atoms with Gasteiger partial charge in [-0.15, -0.1) is 0 Å². The number of anilines is 2. The lowest BCUT2D eigenvalue weighted by molar-refractivity contribution is -0.0530. The molecule has 1 saturated heterocycles. The standard InChI is InChI=1S/C23H25F3N10O2/c1-38-15-4-3-12(34-19(15)26)13-7-29-21(35-6-2-5-23(28,9-35)17(37)18(24)25)14(33-13)8-36-11-32-16-20(27)30-10-31-22(16)36/h3-4,7,10-11,17-18,37H,2,5-6,8-9,28H2,1H3,(H2,27,30,31)/t17-,23-/m1/s1. The number of rotatable bonds is 7. The van der Waals surface area contributed by atoms with Gasteiger partial charge in [-0.2, -0.15) is 4.39 Å². The number of nitrogens with two attached hydrogens (primary N) is 2. The lowest BCUT2D eigenvalue weighted by atomic mass is 9.84. The number of aromatic nitrogens is 7. The van der Waals surface area contributed by atoms with Gasteiger partial charge in [-0.3, -0.25) is 0 Å². The number of hydrogen-bond donors (Lipinski definition) is 3. The molecule has 15 heteroatoms. The number of piperidine rings is 1. The van der Waals surface area contributed by atoms with Crippen LogP contribution in [0.4, 0.5) is 24.8 Å². The molecular weight excluding hydrogens is 505 g/mol. The highest BCUT2D eigenvalue weighted by atomic mass is 19.3. The fourth-order valence-electron chi connectivity index (χ4n) is 4.59. The molecule has 0 spiro atoms. The summed E-state index contributed by atoms with van der Waals surface area (Å²) in [6.45, 7) is 0.479. The third-order valence-corrected chi connectivity index (χ3v) is 6.55. The summed E-state index contributed by atoms with van der Waals surface area (Å²) in [6, 6.07) is 2.97. The SMILES string of the molecule is COc1ccc(-c2cnc(N3CCC[C@](N)([C@H](O)C(F)F)C3)c(Cn3cnc4c(N)ncnc43)n2)nc1F. The summed E-state index contributed by atoms with van der Waals surface area (Å²) in [5.41, 5.74) is 12.3. The van der Waals surface area contributed by atoms with Crippen LogP contribution in [0.2, 0.25) is 0 Å². The summed E-state index contributed by atoms with van der Waals surface area (Å²) in [4.78, 5) is 27.4. The molecule has 5 rings (SSSR count). The fourth-order valence-corrected chi connectivity index (χ4v) is 4.59. The van der Waals surface area contributed by atoms with Crippen molar-refractivity contribution in [1.82, 2.24) is 34.5 Å². The molecule has 4 aromatic rings. The van der Waals surface area contributed by atoms with E-state index in [2.05, 4.69) is 24.9 Å². The zero-order valence-corrected chi connectivity index (χ0v) is 20.3. The Morgan fingerprint density at radius 3 is 2.71 bits per heavy atom. The Hall–Kier alpha value is -4.11. The van der Waals surface area contributed by atoms with Crippen LogP contribution in [0.15, 0.2) is 31.0 Å². The molecule has 38 heavy (non-hydrogen) atoms. The number of nitrogens with zero attached hydrogens (tertiary/aromatic N) is 8. The molecule has 1 aliphatic rings. The largest absolute Gasteiger partial charge is 0.492 e. The number of methoxy groups -OCH3 is 1. The highest BCUT2D eigenvalue weighted by Gasteiger charge is 2.43. The molecule has 2 atom stereocenters. The van der Waals surface area contributed by atoms with Crippen molar-refractivity contribution in [3.8, 4) is 17.1 Å². The first kappa shape index (κ1) is 25.5. The molecule has 200 valence electrons. The average Bonchev–Trinajstić information content (AvgIpc) is 3.32. The second kappa shape index (κ2) is 9.98. The van der Waals surface area contributed by atoms with Crippen LogP contribution in [0.25, 0.3) is 22.6 Å². The number of imidazole rings is 1. The Balaban J connectivity index is 1.57. The predicted molar refractivity (Wildman–Crippen MR) is 131 cm³/mol. The highest BCUT2D eigenvalue weighted by molar-refractivity contribution is 5.81. The smallest absolute Gasteiger partial charge is 0.265 e. The number of pyridine rings is 1. The quantitative estimate of drug-likeness (QED) is 0.295. The van der Waals surface area contributed by atoms with Crippen LogP contribution >= 0.6 is 0 Å². The number of nitrogen functional groups attached to an aromatic ring is 1. The number of hydrogen-bond acceptors (Lipinski definition) is 11. The van der Waals surface area contributed by atoms with E-state index >= 15 is 0 Å². The molecule has 1 fully saturated rings. The van der Waals surface area contributed by atoms with E-state index in [0.29, 0.717) is 35.6 Å². The number of halogens is 3. The normalized spacial score (nSPS) is 18.8. The summed E-state index contributed by atoms with van der Waals surface area (Å²) in [6.07, 6.45) is -0.101. The summed E-state index contributed by atoms with van der Waals surface area (Å²) < 4.78 is 47.7. The van der Waals surface area contributed by atoms with Crippen LogP contribution in [0.5, 0.6) is 5.75 Å². The molecule has 5 N–H and O–H groups in total. The number of aliphatic hydroxyl groups is 1. The van der Waals surface area contributed by atoms with Crippen molar-refractivity contribution in [2.75, 3.05) is 30.8 Å². The van der Waals surface area contributed by atoms with Gasteiger partial charge in [-0.25, -0.2) is 38.7 Å². The van der Waals surface area contributed by atoms with Crippen LogP contribution in [0, 0.1) is 5.95 Å². The molecule has 0 saturated carbocycles. The third-order valence-electron chi connectivity index (χ3n) is 6.55. The monoisotopic (exact) mass is 530 g/mol. The zero-order valence-electron chi connectivity index (χ0n) is 20.3. The molecular formula is C23H25F3N10O2. The van der Waals surface area contributed by atoms with E-state index in [9.17, 15) is 18.3 Å². The van der Waals surface area contributed by atoms with Gasteiger partial charge >= 0.3 is 0 Å². The van der Waals surface area contributed by atoms with Crippen molar-refractivity contribution in [3.63, 3.8) is 0 Å². The van der Waals surface area contributed by atoms with Crippen molar-refractivity contribution in [1.29, 1.82) is 0 Å². The van der Waals surface area contributed by atoms with Crippen molar-refractivity contribution in [3.05, 3.63) is 42.6 Å². The van der Waals surface area contributed by atoms with Gasteiger partial charge in [-0.05, 0) is 25.0 Å². The average molecular weight is 531 g/mol. The maximum Gasteiger partial charge on any atom is 0.265 e. The van der Waals surface area contributed by atoms with E-state index in [4.69, 9.17) is 21.2 Å². The van der Waals surface area contributed by atoms with Gasteiger partial charge in [-0.1, -0.05) is 0 Å². The molecule has 1 aliphatic heterocycles. The molecule has 12 nitrogen and oxygen atoms in total. The van der Waals surface area contributed by atoms with E-state index in [1.807, 2.05) is 0 Å². The van der Waals surface area contributed by atoms with Crippen molar-refractivity contribution < 1.29 is 23.0 Å². The van der Waals surface area contributed by atoms with Gasteiger partial charge in [0.05, 0.1) is 37.4 Å². The first-order chi connectivity index (χ1) is 18.2. The molecule has 0 aliphatic carbocycles. The fraction of sp³-hybridized carbons (Fsp3) is 0.391. The molecule has 0 amide bonds. The van der Waals surface area contributed by atoms with E-state index in [1.54, 1.807) is 15.5 Å². The Morgan fingerprint density at radius 2 is 1.97 bits per heavy atom. The van der Waals surface area contributed by atoms with Gasteiger partial charge in [0.15, 0.2) is 23.0 Å². The van der Waals surface area contributed by atoms with Crippen LogP contribution in [-0.4, -0.2) is 77.8 Å². The van der Waals surface area contributed by atoms with Gasteiger partial charge in [0.25, 0.3) is 12.4 Å². The van der Waals surface area contributed by atoms with E-state index in [1.165, 1.54) is 32.0 Å². The van der Waals surface area contributed by atoms with Crippen LogP contribution in [0.1, 0.15) is 18.5 Å². The Morgan fingerprint density at radius 1 is 1.16 bits per heavy atom. The summed E-state index contributed by atoms with van der Waals surface area (Å²) in [7, 11) is 1.33. The van der Waals surface area contributed by atoms with E-state index in [-0.39, 0.29) is 42.5 Å². The number of aliphatic hydroxyl groups excluding tert-OH is 1. The Kier molecular flexibility index (Phi) is 6.71. The molecule has 0 aromatic carbocycles. The molecule has 0 bridgehead atoms. The Bertz CT molecular complexity index is 1470. The molecule has 5 heterocycles. The minimum Gasteiger partial charge on any atom is -0.492 e. The van der Waals surface area contributed by atoms with Crippen LogP contribution in [-0.2, 0) is 6.54 Å². The number of ether oxygens (including phenoxy) is 1. The van der Waals surface area contributed by atoms with Crippen molar-refractivity contribution in [2.45, 2.75) is 37.5 Å². The van der Waals surface area contributed by atoms with Gasteiger partial charge in [0.1, 0.15) is 29.3 Å². The first-order valence-electron chi connectivity index (χ1n) is 11.7. The lowest BCUT2D eigenvalue weighted by Crippen LogP contribution is -2.63. The molecule has 0 unspecified atom stereocenters. The van der Waals surface area contributed by atoms with Crippen molar-refractivity contribution in [2.24, 2.45) is 5.73 Å². The predicted octanol–water partition coefficient (Wildman–Crippen LogP) is 1.38. The summed E-state index contributed by atoms with van der Waals surface area (Å²) in [5, 5.41) is 10.1. The second-order valence-corrected chi connectivity index (χ2v) is 9.06. The minimum absolute atomic E-state index is 0.0223. The number of alkyl halides is 2. The Labute approximate surface area is 214 Å². The summed E-state index contributed by atoms with van der Waals surface area (Å²) in [5.74, 6) is -0.264. The van der Waals surface area contributed by atoms with Gasteiger partial charge in [0, 0.05) is 13.1 Å². The second-order valence-electron chi connectivity index (χ2n) is 9.06. The van der Waals surface area contributed by atoms with Gasteiger partial charge in [0.2, 0.25) is 0 Å². The highest BCUT2D eigenvalue weighted by Crippen LogP contribution is 2.31. The summed E-state index contributed by atoms with van der Waals surface area (Å²) >= 11 is 0. The first-order valence-corrected chi connectivity index (χ1v) is 11.7. The van der Waals surface area contributed by atoms with Crippen LogP contribution < -0.4 is 21.1 Å². The maximum absolute atomic E-state index is 14.3. The lowest BCUT2D eigenvalue weighted by Gasteiger charge is -2.43. The molecule has 4 aromatic heterocycles. The van der Waals surface area contributed by atoms with Gasteiger partial charge < -0.3 is 30.8 Å². The zero-order chi connectivity index (χ0) is 27.0. The third kappa shape index (κ3) is 4.65. The van der Waals surface area contributed by atoms with Crippen LogP contribution in [0.3, 0.4) is 0 Å².